The fourth-order valence-electron chi connectivity index (χ4n) is 3.45. The maximum Gasteiger partial charge on any atom is 0.322 e. The minimum Gasteiger partial charge on any atom is -0.454 e. The molecule has 4 rings (SSSR count). The predicted molar refractivity (Wildman–Crippen MR) is 92.8 cm³/mol. The normalized spacial score (nSPS) is 19.0. The first kappa shape index (κ1) is 15.8. The van der Waals surface area contributed by atoms with Gasteiger partial charge in [0.2, 0.25) is 6.79 Å². The van der Waals surface area contributed by atoms with Crippen molar-refractivity contribution in [2.75, 3.05) is 18.7 Å². The molecule has 1 saturated heterocycles. The molecule has 0 bridgehead atoms. The molecule has 1 atom stereocenters. The molecule has 1 fully saturated rings. The number of ether oxygens (including phenoxy) is 2. The molecule has 2 aliphatic heterocycles. The summed E-state index contributed by atoms with van der Waals surface area (Å²) in [5.41, 5.74) is 0.727. The van der Waals surface area contributed by atoms with Crippen molar-refractivity contribution in [1.82, 2.24) is 14.7 Å². The van der Waals surface area contributed by atoms with Gasteiger partial charge in [-0.05, 0) is 43.9 Å². The van der Waals surface area contributed by atoms with Crippen molar-refractivity contribution < 1.29 is 14.3 Å². The van der Waals surface area contributed by atoms with Crippen molar-refractivity contribution in [2.45, 2.75) is 38.3 Å². The zero-order valence-corrected chi connectivity index (χ0v) is 14.1. The Morgan fingerprint density at radius 3 is 3.08 bits per heavy atom. The van der Waals surface area contributed by atoms with Crippen LogP contribution in [0.25, 0.3) is 0 Å². The van der Waals surface area contributed by atoms with E-state index in [1.807, 2.05) is 40.0 Å². The van der Waals surface area contributed by atoms with Crippen molar-refractivity contribution in [3.63, 3.8) is 0 Å². The first-order valence-corrected chi connectivity index (χ1v) is 8.74. The average molecular weight is 342 g/mol. The minimum absolute atomic E-state index is 0.0518. The third-order valence-corrected chi connectivity index (χ3v) is 4.76. The number of fused-ring (bicyclic) bond motifs is 1. The summed E-state index contributed by atoms with van der Waals surface area (Å²) in [6.45, 7) is 1.85. The topological polar surface area (TPSA) is 68.6 Å². The molecule has 0 unspecified atom stereocenters. The van der Waals surface area contributed by atoms with Gasteiger partial charge in [0.15, 0.2) is 11.5 Å². The number of piperidine rings is 1. The van der Waals surface area contributed by atoms with Crippen LogP contribution in [-0.4, -0.2) is 40.1 Å². The lowest BCUT2D eigenvalue weighted by Crippen LogP contribution is -2.46. The van der Waals surface area contributed by atoms with Gasteiger partial charge in [0, 0.05) is 43.3 Å². The summed E-state index contributed by atoms with van der Waals surface area (Å²) >= 11 is 0. The molecule has 3 heterocycles. The summed E-state index contributed by atoms with van der Waals surface area (Å²) in [6, 6.07) is 7.58. The monoisotopic (exact) mass is 342 g/mol. The van der Waals surface area contributed by atoms with Crippen LogP contribution in [0.1, 0.15) is 25.7 Å². The Morgan fingerprint density at radius 2 is 2.20 bits per heavy atom. The minimum atomic E-state index is -0.0518. The van der Waals surface area contributed by atoms with E-state index in [1.165, 1.54) is 0 Å². The molecule has 2 amide bonds. The Kier molecular flexibility index (Phi) is 4.45. The molecule has 25 heavy (non-hydrogen) atoms. The summed E-state index contributed by atoms with van der Waals surface area (Å²) in [7, 11) is 0. The van der Waals surface area contributed by atoms with Gasteiger partial charge in [-0.25, -0.2) is 4.79 Å². The van der Waals surface area contributed by atoms with Crippen LogP contribution in [-0.2, 0) is 6.54 Å². The molecule has 0 saturated carbocycles. The highest BCUT2D eigenvalue weighted by molar-refractivity contribution is 5.90. The van der Waals surface area contributed by atoms with E-state index in [4.69, 9.17) is 9.47 Å². The Labute approximate surface area is 146 Å². The second kappa shape index (κ2) is 7.04. The lowest BCUT2D eigenvalue weighted by Gasteiger charge is -2.35. The number of likely N-dealkylation sites (tertiary alicyclic amines) is 1. The maximum absolute atomic E-state index is 12.8. The molecule has 1 aromatic heterocycles. The number of carbonyl (C=O) groups is 1. The summed E-state index contributed by atoms with van der Waals surface area (Å²) in [4.78, 5) is 14.7. The number of hydrogen-bond acceptors (Lipinski definition) is 4. The largest absolute Gasteiger partial charge is 0.454 e. The van der Waals surface area contributed by atoms with Crippen LogP contribution in [0.4, 0.5) is 10.5 Å². The smallest absolute Gasteiger partial charge is 0.322 e. The van der Waals surface area contributed by atoms with Crippen LogP contribution in [0.2, 0.25) is 0 Å². The predicted octanol–water partition coefficient (Wildman–Crippen LogP) is 3.09. The summed E-state index contributed by atoms with van der Waals surface area (Å²) in [6.07, 6.45) is 7.90. The number of anilines is 1. The molecular weight excluding hydrogens is 320 g/mol. The number of hydrogen-bond donors (Lipinski definition) is 1. The van der Waals surface area contributed by atoms with Gasteiger partial charge in [-0.2, -0.15) is 5.10 Å². The van der Waals surface area contributed by atoms with Crippen molar-refractivity contribution in [1.29, 1.82) is 0 Å². The summed E-state index contributed by atoms with van der Waals surface area (Å²) in [5, 5.41) is 7.24. The number of carbonyl (C=O) groups excluding carboxylic acids is 1. The SMILES string of the molecule is O=C(Nc1ccc2c(c1)OCO2)N1CCCC[C@@H]1CCn1cccn1. The molecule has 1 aromatic carbocycles. The van der Waals surface area contributed by atoms with E-state index in [0.29, 0.717) is 11.5 Å². The van der Waals surface area contributed by atoms with E-state index in [1.54, 1.807) is 6.20 Å². The van der Waals surface area contributed by atoms with Gasteiger partial charge in [0.05, 0.1) is 0 Å². The van der Waals surface area contributed by atoms with Crippen LogP contribution in [0.5, 0.6) is 11.5 Å². The maximum atomic E-state index is 12.8. The van der Waals surface area contributed by atoms with Gasteiger partial charge in [0.25, 0.3) is 0 Å². The van der Waals surface area contributed by atoms with E-state index in [2.05, 4.69) is 10.4 Å². The molecule has 132 valence electrons. The Bertz CT molecular complexity index is 732. The first-order chi connectivity index (χ1) is 12.3. The number of nitrogens with zero attached hydrogens (tertiary/aromatic N) is 3. The lowest BCUT2D eigenvalue weighted by atomic mass is 10.00. The molecule has 0 aliphatic carbocycles. The highest BCUT2D eigenvalue weighted by atomic mass is 16.7. The lowest BCUT2D eigenvalue weighted by molar-refractivity contribution is 0.154. The van der Waals surface area contributed by atoms with Crippen molar-refractivity contribution in [3.05, 3.63) is 36.7 Å². The van der Waals surface area contributed by atoms with Crippen molar-refractivity contribution in [3.8, 4) is 11.5 Å². The highest BCUT2D eigenvalue weighted by Crippen LogP contribution is 2.34. The number of urea groups is 1. The van der Waals surface area contributed by atoms with Crippen LogP contribution >= 0.6 is 0 Å². The number of aromatic nitrogens is 2. The van der Waals surface area contributed by atoms with Crippen LogP contribution in [0, 0.1) is 0 Å². The van der Waals surface area contributed by atoms with E-state index in [-0.39, 0.29) is 18.9 Å². The number of benzene rings is 1. The summed E-state index contributed by atoms with van der Waals surface area (Å²) in [5.74, 6) is 1.39. The number of aryl methyl sites for hydroxylation is 1. The molecule has 2 aromatic rings. The van der Waals surface area contributed by atoms with Crippen LogP contribution in [0.3, 0.4) is 0 Å². The third-order valence-electron chi connectivity index (χ3n) is 4.76. The Balaban J connectivity index is 1.40. The van der Waals surface area contributed by atoms with E-state index in [9.17, 15) is 4.79 Å². The van der Waals surface area contributed by atoms with Gasteiger partial charge in [-0.15, -0.1) is 0 Å². The van der Waals surface area contributed by atoms with Crippen molar-refractivity contribution in [2.24, 2.45) is 0 Å². The average Bonchev–Trinajstić information content (AvgIpc) is 3.31. The number of rotatable bonds is 4. The molecule has 2 aliphatic rings. The van der Waals surface area contributed by atoms with E-state index < -0.39 is 0 Å². The molecule has 7 nitrogen and oxygen atoms in total. The molecular formula is C18H22N4O3. The quantitative estimate of drug-likeness (QED) is 0.927. The molecule has 1 N–H and O–H groups in total. The van der Waals surface area contributed by atoms with Gasteiger partial charge >= 0.3 is 6.03 Å². The molecule has 0 radical (unpaired) electrons. The van der Waals surface area contributed by atoms with Gasteiger partial charge in [0.1, 0.15) is 0 Å². The Hall–Kier alpha value is -2.70. The third kappa shape index (κ3) is 3.55. The standard InChI is InChI=1S/C18H22N4O3/c23-18(20-14-5-6-16-17(12-14)25-13-24-16)22-10-2-1-4-15(22)7-11-21-9-3-8-19-21/h3,5-6,8-9,12,15H,1-2,4,7,10-11,13H2,(H,20,23)/t15-/m1/s1. The number of nitrogens with one attached hydrogen (secondary N) is 1. The van der Waals surface area contributed by atoms with Gasteiger partial charge in [-0.3, -0.25) is 4.68 Å². The first-order valence-electron chi connectivity index (χ1n) is 8.74. The number of amides is 2. The fourth-order valence-corrected chi connectivity index (χ4v) is 3.45. The second-order valence-electron chi connectivity index (χ2n) is 6.40. The van der Waals surface area contributed by atoms with E-state index in [0.717, 1.165) is 44.5 Å². The zero-order chi connectivity index (χ0) is 17.1. The highest BCUT2D eigenvalue weighted by Gasteiger charge is 2.27. The summed E-state index contributed by atoms with van der Waals surface area (Å²) < 4.78 is 12.6. The fraction of sp³-hybridized carbons (Fsp3) is 0.444. The zero-order valence-electron chi connectivity index (χ0n) is 14.1. The Morgan fingerprint density at radius 1 is 1.28 bits per heavy atom. The van der Waals surface area contributed by atoms with Crippen LogP contribution in [0.15, 0.2) is 36.7 Å². The van der Waals surface area contributed by atoms with Crippen LogP contribution < -0.4 is 14.8 Å². The van der Waals surface area contributed by atoms with Gasteiger partial charge < -0.3 is 19.7 Å². The van der Waals surface area contributed by atoms with Crippen molar-refractivity contribution >= 4 is 11.7 Å². The van der Waals surface area contributed by atoms with Gasteiger partial charge in [-0.1, -0.05) is 0 Å². The van der Waals surface area contributed by atoms with E-state index >= 15 is 0 Å². The molecule has 0 spiro atoms. The molecule has 7 heteroatoms. The second-order valence-corrected chi connectivity index (χ2v) is 6.40.